The molecule has 0 radical (unpaired) electrons. The van der Waals surface area contributed by atoms with Crippen molar-refractivity contribution in [3.63, 3.8) is 0 Å². The zero-order valence-electron chi connectivity index (χ0n) is 33.9. The lowest BCUT2D eigenvalue weighted by Gasteiger charge is -2.45. The van der Waals surface area contributed by atoms with Gasteiger partial charge in [-0.05, 0) is 98.6 Å². The predicted octanol–water partition coefficient (Wildman–Crippen LogP) is 15.4. The molecule has 0 N–H and O–H groups in total. The molecular formula is C58H40N2S. The van der Waals surface area contributed by atoms with Gasteiger partial charge < -0.3 is 9.47 Å². The highest BCUT2D eigenvalue weighted by Gasteiger charge is 2.49. The second kappa shape index (κ2) is 12.7. The topological polar surface area (TPSA) is 8.17 Å². The molecule has 1 unspecified atom stereocenters. The third kappa shape index (κ3) is 4.64. The summed E-state index contributed by atoms with van der Waals surface area (Å²) in [4.78, 5) is 5.06. The van der Waals surface area contributed by atoms with Gasteiger partial charge in [0, 0.05) is 42.9 Å². The van der Waals surface area contributed by atoms with Gasteiger partial charge in [0.2, 0.25) is 0 Å². The van der Waals surface area contributed by atoms with Gasteiger partial charge in [-0.2, -0.15) is 0 Å². The van der Waals surface area contributed by atoms with Crippen LogP contribution in [0, 0.1) is 0 Å². The van der Waals surface area contributed by atoms with Crippen molar-refractivity contribution >= 4 is 50.6 Å². The summed E-state index contributed by atoms with van der Waals surface area (Å²) in [6, 6.07) is 77.2. The molecule has 9 aromatic carbocycles. The molecule has 3 aliphatic rings. The van der Waals surface area contributed by atoms with Gasteiger partial charge in [0.1, 0.15) is 0 Å². The predicted molar refractivity (Wildman–Crippen MR) is 254 cm³/mol. The van der Waals surface area contributed by atoms with Gasteiger partial charge in [-0.25, -0.2) is 0 Å². The average molecular weight is 797 g/mol. The Balaban J connectivity index is 1.09. The maximum absolute atomic E-state index is 2.52. The molecule has 2 nitrogen and oxygen atoms in total. The van der Waals surface area contributed by atoms with Gasteiger partial charge >= 0.3 is 0 Å². The van der Waals surface area contributed by atoms with E-state index in [1.165, 1.54) is 92.9 Å². The van der Waals surface area contributed by atoms with Crippen LogP contribution in [0.15, 0.2) is 216 Å². The van der Waals surface area contributed by atoms with E-state index < -0.39 is 5.41 Å². The lowest BCUT2D eigenvalue weighted by molar-refractivity contribution is 0.660. The van der Waals surface area contributed by atoms with E-state index in [0.717, 1.165) is 17.1 Å². The number of hydrogen-bond donors (Lipinski definition) is 0. The Morgan fingerprint density at radius 1 is 0.426 bits per heavy atom. The van der Waals surface area contributed by atoms with Gasteiger partial charge in [0.05, 0.1) is 27.8 Å². The molecule has 3 heteroatoms. The molecule has 0 bridgehead atoms. The van der Waals surface area contributed by atoms with E-state index in [9.17, 15) is 0 Å². The third-order valence-corrected chi connectivity index (χ3v) is 15.0. The van der Waals surface area contributed by atoms with Crippen LogP contribution < -0.4 is 4.90 Å². The zero-order chi connectivity index (χ0) is 40.5. The highest BCUT2D eigenvalue weighted by molar-refractivity contribution is 7.99. The summed E-state index contributed by atoms with van der Waals surface area (Å²) in [7, 11) is 0. The summed E-state index contributed by atoms with van der Waals surface area (Å²) >= 11 is 1.90. The lowest BCUT2D eigenvalue weighted by atomic mass is 9.63. The first-order valence-electron chi connectivity index (χ1n) is 21.3. The second-order valence-corrected chi connectivity index (χ2v) is 18.3. The van der Waals surface area contributed by atoms with E-state index in [0.29, 0.717) is 0 Å². The highest BCUT2D eigenvalue weighted by atomic mass is 32.2. The summed E-state index contributed by atoms with van der Waals surface area (Å²) in [6.45, 7) is 4.75. The van der Waals surface area contributed by atoms with Gasteiger partial charge in [-0.15, -0.1) is 0 Å². The van der Waals surface area contributed by atoms with E-state index in [1.807, 2.05) is 11.8 Å². The van der Waals surface area contributed by atoms with Crippen LogP contribution >= 0.6 is 11.8 Å². The molecule has 1 aromatic heterocycles. The number of benzene rings is 9. The minimum absolute atomic E-state index is 0.133. The molecule has 0 saturated carbocycles. The molecule has 3 heterocycles. The maximum Gasteiger partial charge on any atom is 0.0764 e. The van der Waals surface area contributed by atoms with Crippen LogP contribution in [0.5, 0.6) is 0 Å². The monoisotopic (exact) mass is 796 g/mol. The van der Waals surface area contributed by atoms with Crippen LogP contribution in [0.2, 0.25) is 0 Å². The molecule has 1 atom stereocenters. The molecule has 10 aromatic rings. The van der Waals surface area contributed by atoms with E-state index in [4.69, 9.17) is 0 Å². The number of hydrogen-bond acceptors (Lipinski definition) is 2. The molecule has 61 heavy (non-hydrogen) atoms. The Morgan fingerprint density at radius 2 is 1.05 bits per heavy atom. The SMILES string of the molecule is CC1(C)c2ccccc2-c2ccc(N(c3ccc4c(c3)Sc3ccccc3C43c4ccccc4-n4c5ccccc5c5cccc3c54)c3ccccc3-c3ccccc3)cc21. The number of para-hydroxylation sites is 4. The largest absolute Gasteiger partial charge is 0.310 e. The van der Waals surface area contributed by atoms with E-state index in [1.54, 1.807) is 0 Å². The lowest BCUT2D eigenvalue weighted by Crippen LogP contribution is -2.37. The molecule has 288 valence electrons. The van der Waals surface area contributed by atoms with Crippen molar-refractivity contribution in [1.82, 2.24) is 4.57 Å². The van der Waals surface area contributed by atoms with Crippen LogP contribution in [0.3, 0.4) is 0 Å². The maximum atomic E-state index is 2.52. The fourth-order valence-corrected chi connectivity index (χ4v) is 12.5. The first-order chi connectivity index (χ1) is 30.0. The first-order valence-corrected chi connectivity index (χ1v) is 22.1. The van der Waals surface area contributed by atoms with Crippen molar-refractivity contribution in [2.45, 2.75) is 34.5 Å². The van der Waals surface area contributed by atoms with Gasteiger partial charge in [0.25, 0.3) is 0 Å². The second-order valence-electron chi connectivity index (χ2n) is 17.2. The highest BCUT2D eigenvalue weighted by Crippen LogP contribution is 2.61. The smallest absolute Gasteiger partial charge is 0.0764 e. The number of anilines is 3. The van der Waals surface area contributed by atoms with Crippen LogP contribution in [0.25, 0.3) is 49.7 Å². The van der Waals surface area contributed by atoms with Crippen molar-refractivity contribution in [3.05, 3.63) is 240 Å². The fraction of sp³-hybridized carbons (Fsp3) is 0.0690. The minimum Gasteiger partial charge on any atom is -0.310 e. The third-order valence-electron chi connectivity index (χ3n) is 13.8. The summed E-state index contributed by atoms with van der Waals surface area (Å²) in [5.74, 6) is 0. The van der Waals surface area contributed by atoms with Crippen molar-refractivity contribution in [1.29, 1.82) is 0 Å². The van der Waals surface area contributed by atoms with Crippen LogP contribution in [0.1, 0.15) is 47.2 Å². The Labute approximate surface area is 360 Å². The average Bonchev–Trinajstić information content (AvgIpc) is 3.77. The van der Waals surface area contributed by atoms with E-state index >= 15 is 0 Å². The zero-order valence-corrected chi connectivity index (χ0v) is 34.7. The Hall–Kier alpha value is -7.07. The van der Waals surface area contributed by atoms with Crippen LogP contribution in [-0.2, 0) is 10.8 Å². The normalized spacial score (nSPS) is 16.2. The quantitative estimate of drug-likeness (QED) is 0.175. The standard InChI is InChI=1S/C58H40N2S/c1-57(2)45-23-9-6-20-41(45)42-33-31-38(35-50(42)57)59(51-27-12-7-19-40(51)37-17-4-3-5-18-37)39-32-34-48-55(36-39)61-54-30-15-11-25-47(54)58(48)46-24-10-14-29-53(46)60-52-28-13-8-21-43(52)44-22-16-26-49(58)56(44)60/h3-36H,1-2H3. The number of nitrogens with zero attached hydrogens (tertiary/aromatic N) is 2. The molecule has 0 saturated heterocycles. The van der Waals surface area contributed by atoms with Crippen molar-refractivity contribution in [2.75, 3.05) is 4.90 Å². The minimum atomic E-state index is -0.535. The Morgan fingerprint density at radius 3 is 1.93 bits per heavy atom. The summed E-state index contributed by atoms with van der Waals surface area (Å²) in [6.07, 6.45) is 0. The van der Waals surface area contributed by atoms with E-state index in [-0.39, 0.29) is 5.41 Å². The van der Waals surface area contributed by atoms with Crippen molar-refractivity contribution < 1.29 is 0 Å². The number of aromatic nitrogens is 1. The molecular weight excluding hydrogens is 757 g/mol. The van der Waals surface area contributed by atoms with Crippen molar-refractivity contribution in [2.24, 2.45) is 0 Å². The van der Waals surface area contributed by atoms with Gasteiger partial charge in [-0.1, -0.05) is 183 Å². The summed E-state index contributed by atoms with van der Waals surface area (Å²) in [5, 5.41) is 2.58. The van der Waals surface area contributed by atoms with Gasteiger partial charge in [0.15, 0.2) is 0 Å². The summed E-state index contributed by atoms with van der Waals surface area (Å²) in [5.41, 5.74) is 19.6. The fourth-order valence-electron chi connectivity index (χ4n) is 11.2. The van der Waals surface area contributed by atoms with Crippen LogP contribution in [-0.4, -0.2) is 4.57 Å². The molecule has 13 rings (SSSR count). The Bertz CT molecular complexity index is 3450. The van der Waals surface area contributed by atoms with Gasteiger partial charge in [-0.3, -0.25) is 0 Å². The van der Waals surface area contributed by atoms with E-state index in [2.05, 4.69) is 230 Å². The van der Waals surface area contributed by atoms with Crippen LogP contribution in [0.4, 0.5) is 17.1 Å². The Kier molecular flexibility index (Phi) is 7.25. The van der Waals surface area contributed by atoms with Crippen molar-refractivity contribution in [3.8, 4) is 27.9 Å². The molecule has 2 aliphatic heterocycles. The first kappa shape index (κ1) is 34.8. The number of rotatable bonds is 4. The molecule has 1 spiro atoms. The molecule has 1 aliphatic carbocycles. The molecule has 0 fully saturated rings. The molecule has 0 amide bonds. The summed E-state index contributed by atoms with van der Waals surface area (Å²) < 4.78 is 2.52. The number of fused-ring (bicyclic) bond motifs is 14.